The molecule has 146 valence electrons. The average molecular weight is 430 g/mol. The number of hydrogen-bond donors (Lipinski definition) is 2. The van der Waals surface area contributed by atoms with Crippen molar-refractivity contribution in [3.63, 3.8) is 0 Å². The first-order valence-electron chi connectivity index (χ1n) is 8.59. The molecule has 0 aliphatic rings. The van der Waals surface area contributed by atoms with Crippen molar-refractivity contribution in [2.45, 2.75) is 6.92 Å². The zero-order valence-electron chi connectivity index (χ0n) is 15.1. The number of nitrogens with zero attached hydrogens (tertiary/aromatic N) is 1. The second-order valence-electron chi connectivity index (χ2n) is 6.33. The summed E-state index contributed by atoms with van der Waals surface area (Å²) >= 11 is 12.1. The molecular weight excluding hydrogens is 416 g/mol. The largest absolute Gasteiger partial charge is 0.456 e. The number of nitrogens with one attached hydrogen (secondary N) is 2. The molecule has 3 aromatic carbocycles. The Kier molecular flexibility index (Phi) is 5.13. The summed E-state index contributed by atoms with van der Waals surface area (Å²) < 4.78 is 19.6. The van der Waals surface area contributed by atoms with Gasteiger partial charge in [0.05, 0.1) is 16.1 Å². The molecule has 0 fully saturated rings. The van der Waals surface area contributed by atoms with Crippen LogP contribution in [0.15, 0.2) is 54.6 Å². The Morgan fingerprint density at radius 2 is 1.86 bits per heavy atom. The number of amides is 1. The summed E-state index contributed by atoms with van der Waals surface area (Å²) in [6.07, 6.45) is 0. The van der Waals surface area contributed by atoms with Gasteiger partial charge in [-0.25, -0.2) is 9.37 Å². The third-order valence-corrected chi connectivity index (χ3v) is 4.69. The highest BCUT2D eigenvalue weighted by Gasteiger charge is 2.16. The minimum atomic E-state index is -0.531. The number of rotatable bonds is 4. The fourth-order valence-corrected chi connectivity index (χ4v) is 3.21. The van der Waals surface area contributed by atoms with E-state index < -0.39 is 11.7 Å². The summed E-state index contributed by atoms with van der Waals surface area (Å²) in [6.45, 7) is 1.73. The number of carbonyl (C=O) groups is 1. The lowest BCUT2D eigenvalue weighted by atomic mass is 10.1. The Morgan fingerprint density at radius 3 is 2.59 bits per heavy atom. The Morgan fingerprint density at radius 1 is 1.10 bits per heavy atom. The van der Waals surface area contributed by atoms with Gasteiger partial charge < -0.3 is 15.0 Å². The summed E-state index contributed by atoms with van der Waals surface area (Å²) in [4.78, 5) is 19.9. The molecule has 1 heterocycles. The Bertz CT molecular complexity index is 1220. The van der Waals surface area contributed by atoms with Crippen LogP contribution in [0.25, 0.3) is 11.0 Å². The number of carbonyl (C=O) groups excluding carboxylic acids is 1. The van der Waals surface area contributed by atoms with Crippen LogP contribution in [-0.4, -0.2) is 15.9 Å². The smallest absolute Gasteiger partial charge is 0.258 e. The molecule has 5 nitrogen and oxygen atoms in total. The zero-order chi connectivity index (χ0) is 20.5. The molecule has 4 rings (SSSR count). The molecule has 0 saturated carbocycles. The molecule has 29 heavy (non-hydrogen) atoms. The molecule has 2 N–H and O–H groups in total. The highest BCUT2D eigenvalue weighted by atomic mass is 35.5. The number of aryl methyl sites for hydroxylation is 1. The molecule has 0 aliphatic heterocycles. The minimum absolute atomic E-state index is 0.127. The van der Waals surface area contributed by atoms with E-state index in [0.29, 0.717) is 44.1 Å². The normalized spacial score (nSPS) is 10.9. The van der Waals surface area contributed by atoms with Crippen molar-refractivity contribution in [1.29, 1.82) is 0 Å². The number of halogens is 3. The molecular formula is C21H14Cl2FN3O2. The first kappa shape index (κ1) is 19.2. The third kappa shape index (κ3) is 4.18. The van der Waals surface area contributed by atoms with Crippen molar-refractivity contribution < 1.29 is 13.9 Å². The van der Waals surface area contributed by atoms with E-state index in [4.69, 9.17) is 27.9 Å². The number of imidazole rings is 1. The Labute approximate surface area is 175 Å². The monoisotopic (exact) mass is 429 g/mol. The van der Waals surface area contributed by atoms with Gasteiger partial charge in [-0.1, -0.05) is 23.2 Å². The van der Waals surface area contributed by atoms with Gasteiger partial charge in [0.1, 0.15) is 28.7 Å². The number of hydrogen-bond acceptors (Lipinski definition) is 3. The molecule has 0 bridgehead atoms. The summed E-state index contributed by atoms with van der Waals surface area (Å²) in [7, 11) is 0. The molecule has 0 saturated heterocycles. The van der Waals surface area contributed by atoms with Crippen molar-refractivity contribution in [2.24, 2.45) is 0 Å². The second-order valence-corrected chi connectivity index (χ2v) is 7.17. The molecule has 8 heteroatoms. The Balaban J connectivity index is 1.56. The van der Waals surface area contributed by atoms with Crippen LogP contribution in [-0.2, 0) is 0 Å². The van der Waals surface area contributed by atoms with E-state index in [2.05, 4.69) is 15.3 Å². The topological polar surface area (TPSA) is 67.0 Å². The van der Waals surface area contributed by atoms with Crippen molar-refractivity contribution >= 4 is 45.8 Å². The highest BCUT2D eigenvalue weighted by molar-refractivity contribution is 6.32. The van der Waals surface area contributed by atoms with Gasteiger partial charge in [-0.05, 0) is 61.5 Å². The average Bonchev–Trinajstić information content (AvgIpc) is 3.04. The zero-order valence-corrected chi connectivity index (χ0v) is 16.6. The van der Waals surface area contributed by atoms with E-state index in [1.165, 1.54) is 6.07 Å². The standard InChI is InChI=1S/C21H14Cl2FN3O2/c1-11-25-18-9-13(24)8-16(20(18)26-11)21(28)27-14-4-7-19(17(23)10-14)29-15-5-2-12(22)3-6-15/h2-10H,1H3,(H,25,26)(H,27,28). The van der Waals surface area contributed by atoms with E-state index in [1.54, 1.807) is 49.4 Å². The fourth-order valence-electron chi connectivity index (χ4n) is 2.87. The number of aromatic amines is 1. The molecule has 0 aliphatic carbocycles. The number of fused-ring (bicyclic) bond motifs is 1. The van der Waals surface area contributed by atoms with Gasteiger partial charge in [0.25, 0.3) is 5.91 Å². The summed E-state index contributed by atoms with van der Waals surface area (Å²) in [5.41, 5.74) is 1.42. The van der Waals surface area contributed by atoms with Gasteiger partial charge in [0.15, 0.2) is 0 Å². The van der Waals surface area contributed by atoms with Crippen LogP contribution in [0.5, 0.6) is 11.5 Å². The van der Waals surface area contributed by atoms with E-state index in [0.717, 1.165) is 6.07 Å². The SMILES string of the molecule is Cc1nc2c(C(=O)Nc3ccc(Oc4ccc(Cl)cc4)c(Cl)c3)cc(F)cc2[nH]1. The maximum absolute atomic E-state index is 13.9. The number of benzene rings is 3. The van der Waals surface area contributed by atoms with Gasteiger partial charge in [-0.2, -0.15) is 0 Å². The number of ether oxygens (including phenoxy) is 1. The van der Waals surface area contributed by atoms with E-state index in [9.17, 15) is 9.18 Å². The van der Waals surface area contributed by atoms with Crippen molar-refractivity contribution in [3.05, 3.63) is 81.8 Å². The lowest BCUT2D eigenvalue weighted by Gasteiger charge is -2.11. The van der Waals surface area contributed by atoms with Gasteiger partial charge in [0, 0.05) is 10.7 Å². The predicted octanol–water partition coefficient (Wildman–Crippen LogP) is 6.36. The quantitative estimate of drug-likeness (QED) is 0.396. The highest BCUT2D eigenvalue weighted by Crippen LogP contribution is 2.32. The van der Waals surface area contributed by atoms with Gasteiger partial charge in [0.2, 0.25) is 0 Å². The predicted molar refractivity (Wildman–Crippen MR) is 112 cm³/mol. The lowest BCUT2D eigenvalue weighted by molar-refractivity contribution is 0.102. The summed E-state index contributed by atoms with van der Waals surface area (Å²) in [6, 6.07) is 14.1. The van der Waals surface area contributed by atoms with Crippen LogP contribution < -0.4 is 10.1 Å². The third-order valence-electron chi connectivity index (χ3n) is 4.15. The summed E-state index contributed by atoms with van der Waals surface area (Å²) in [5, 5.41) is 3.61. The molecule has 1 amide bonds. The van der Waals surface area contributed by atoms with E-state index in [1.807, 2.05) is 0 Å². The number of H-pyrrole nitrogens is 1. The van der Waals surface area contributed by atoms with Crippen LogP contribution in [0.2, 0.25) is 10.0 Å². The molecule has 0 atom stereocenters. The molecule has 0 radical (unpaired) electrons. The maximum atomic E-state index is 13.9. The van der Waals surface area contributed by atoms with Crippen LogP contribution in [0.4, 0.5) is 10.1 Å². The second kappa shape index (κ2) is 7.73. The number of anilines is 1. The van der Waals surface area contributed by atoms with E-state index >= 15 is 0 Å². The van der Waals surface area contributed by atoms with Crippen molar-refractivity contribution in [2.75, 3.05) is 5.32 Å². The lowest BCUT2D eigenvalue weighted by Crippen LogP contribution is -2.13. The molecule has 1 aromatic heterocycles. The van der Waals surface area contributed by atoms with Crippen molar-refractivity contribution in [1.82, 2.24) is 9.97 Å². The van der Waals surface area contributed by atoms with Gasteiger partial charge in [-0.15, -0.1) is 0 Å². The maximum Gasteiger partial charge on any atom is 0.258 e. The van der Waals surface area contributed by atoms with E-state index in [-0.39, 0.29) is 5.56 Å². The van der Waals surface area contributed by atoms with Crippen LogP contribution in [0.3, 0.4) is 0 Å². The van der Waals surface area contributed by atoms with Gasteiger partial charge >= 0.3 is 0 Å². The fraction of sp³-hybridized carbons (Fsp3) is 0.0476. The number of aromatic nitrogens is 2. The molecule has 4 aromatic rings. The summed E-state index contributed by atoms with van der Waals surface area (Å²) in [5.74, 6) is 0.554. The van der Waals surface area contributed by atoms with Crippen LogP contribution in [0.1, 0.15) is 16.2 Å². The molecule has 0 unspecified atom stereocenters. The van der Waals surface area contributed by atoms with Crippen LogP contribution in [0, 0.1) is 12.7 Å². The van der Waals surface area contributed by atoms with Gasteiger partial charge in [-0.3, -0.25) is 4.79 Å². The van der Waals surface area contributed by atoms with Crippen molar-refractivity contribution in [3.8, 4) is 11.5 Å². The van der Waals surface area contributed by atoms with Crippen LogP contribution >= 0.6 is 23.2 Å². The minimum Gasteiger partial charge on any atom is -0.456 e. The first-order valence-corrected chi connectivity index (χ1v) is 9.35. The Hall–Kier alpha value is -3.09. The first-order chi connectivity index (χ1) is 13.9. The molecule has 0 spiro atoms.